The summed E-state index contributed by atoms with van der Waals surface area (Å²) in [4.78, 5) is 0. The van der Waals surface area contributed by atoms with Crippen molar-refractivity contribution in [3.8, 4) is 0 Å². The lowest BCUT2D eigenvalue weighted by atomic mass is 9.18. The summed E-state index contributed by atoms with van der Waals surface area (Å²) >= 11 is 0. The summed E-state index contributed by atoms with van der Waals surface area (Å²) < 4.78 is 0. The monoisotopic (exact) mass is 398 g/mol. The van der Waals surface area contributed by atoms with Crippen LogP contribution in [0.2, 0.25) is 0 Å². The van der Waals surface area contributed by atoms with Crippen LogP contribution in [0.3, 0.4) is 0 Å². The highest BCUT2D eigenvalue weighted by atomic mass is 15.2. The Balaban J connectivity index is 1.36. The molecule has 9 bridgehead atoms. The van der Waals surface area contributed by atoms with E-state index in [4.69, 9.17) is 0 Å². The molecule has 12 aliphatic rings. The Bertz CT molecular complexity index is 1060. The predicted molar refractivity (Wildman–Crippen MR) is 114 cm³/mol. The standard InChI is InChI=1S/C30H38/c1-5-13-14-7-16-20-19-11(3)28(16)25-26(28,4)18-8-17-23-22-15(13)6-12-9-27(17,18)24(19)30(23,25)29(22,10(14)2)21(12)20/h10-25H,5-9H2,1-4H3. The maximum absolute atomic E-state index is 2.97. The molecule has 21 unspecified atom stereocenters. The molecular weight excluding hydrogens is 360 g/mol. The van der Waals surface area contributed by atoms with Gasteiger partial charge in [-0.15, -0.1) is 0 Å². The Morgan fingerprint density at radius 1 is 0.800 bits per heavy atom. The highest BCUT2D eigenvalue weighted by Crippen LogP contribution is 3.15. The van der Waals surface area contributed by atoms with Crippen LogP contribution in [0.15, 0.2) is 0 Å². The minimum absolute atomic E-state index is 0.804. The van der Waals surface area contributed by atoms with Crippen molar-refractivity contribution in [1.82, 2.24) is 0 Å². The summed E-state index contributed by atoms with van der Waals surface area (Å²) in [7, 11) is 0. The molecule has 12 aliphatic carbocycles. The van der Waals surface area contributed by atoms with Crippen LogP contribution in [0.25, 0.3) is 0 Å². The van der Waals surface area contributed by atoms with Crippen molar-refractivity contribution in [2.24, 2.45) is 122 Å². The van der Waals surface area contributed by atoms with E-state index < -0.39 is 0 Å². The SMILES string of the molecule is CCC1C2CC3C4C5C(C)C36C3C6(C)C6CC7C8C9C1CC1CC76C5C83C9(C2C)C14. The molecule has 0 aromatic rings. The van der Waals surface area contributed by atoms with Gasteiger partial charge in [0.25, 0.3) is 0 Å². The van der Waals surface area contributed by atoms with Gasteiger partial charge in [-0.2, -0.15) is 0 Å². The molecule has 0 amide bonds. The maximum atomic E-state index is 2.97. The molecule has 0 heteroatoms. The van der Waals surface area contributed by atoms with Gasteiger partial charge in [-0.25, -0.2) is 0 Å². The van der Waals surface area contributed by atoms with E-state index in [9.17, 15) is 0 Å². The van der Waals surface area contributed by atoms with Crippen LogP contribution in [0, 0.1) is 122 Å². The third-order valence-electron chi connectivity index (χ3n) is 18.6. The van der Waals surface area contributed by atoms with Gasteiger partial charge < -0.3 is 0 Å². The van der Waals surface area contributed by atoms with Gasteiger partial charge in [-0.1, -0.05) is 34.1 Å². The van der Waals surface area contributed by atoms with Crippen molar-refractivity contribution >= 4 is 0 Å². The van der Waals surface area contributed by atoms with Crippen LogP contribution in [0.4, 0.5) is 0 Å². The minimum Gasteiger partial charge on any atom is -0.0651 e. The van der Waals surface area contributed by atoms with Gasteiger partial charge in [0.2, 0.25) is 0 Å². The van der Waals surface area contributed by atoms with Gasteiger partial charge in [-0.3, -0.25) is 0 Å². The van der Waals surface area contributed by atoms with Crippen molar-refractivity contribution in [2.45, 2.75) is 59.8 Å². The van der Waals surface area contributed by atoms with E-state index in [-0.39, 0.29) is 0 Å². The molecule has 30 heavy (non-hydrogen) atoms. The zero-order valence-corrected chi connectivity index (χ0v) is 19.3. The van der Waals surface area contributed by atoms with Crippen molar-refractivity contribution < 1.29 is 0 Å². The third kappa shape index (κ3) is 0.732. The molecule has 21 atom stereocenters. The third-order valence-corrected chi connectivity index (χ3v) is 18.6. The van der Waals surface area contributed by atoms with Crippen LogP contribution in [-0.4, -0.2) is 0 Å². The normalized spacial score (nSPS) is 93.6. The second-order valence-corrected chi connectivity index (χ2v) is 16.3. The van der Waals surface area contributed by atoms with Gasteiger partial charge in [0.05, 0.1) is 0 Å². The predicted octanol–water partition coefficient (Wildman–Crippen LogP) is 5.97. The topological polar surface area (TPSA) is 0 Å². The maximum Gasteiger partial charge on any atom is -0.0122 e. The van der Waals surface area contributed by atoms with Gasteiger partial charge in [0, 0.05) is 0 Å². The molecule has 0 nitrogen and oxygen atoms in total. The molecular formula is C30H38. The molecule has 12 rings (SSSR count). The first-order valence-corrected chi connectivity index (χ1v) is 14.5. The molecule has 12 saturated carbocycles. The fourth-order valence-corrected chi connectivity index (χ4v) is 20.4. The van der Waals surface area contributed by atoms with Gasteiger partial charge in [0.15, 0.2) is 0 Å². The number of rotatable bonds is 1. The van der Waals surface area contributed by atoms with Gasteiger partial charge >= 0.3 is 0 Å². The molecule has 12 fully saturated rings. The molecule has 4 spiro atoms. The molecule has 0 radical (unpaired) electrons. The van der Waals surface area contributed by atoms with Crippen molar-refractivity contribution in [3.63, 3.8) is 0 Å². The van der Waals surface area contributed by atoms with E-state index in [1.54, 1.807) is 25.7 Å². The summed E-state index contributed by atoms with van der Waals surface area (Å²) in [6, 6.07) is 0. The minimum atomic E-state index is 0.804. The molecule has 0 aromatic heterocycles. The molecule has 0 heterocycles. The van der Waals surface area contributed by atoms with Crippen molar-refractivity contribution in [2.75, 3.05) is 0 Å². The van der Waals surface area contributed by atoms with E-state index in [0.717, 1.165) is 50.7 Å². The molecule has 0 N–H and O–H groups in total. The average molecular weight is 399 g/mol. The number of fused-ring (bicyclic) bond motifs is 7. The number of hydrogen-bond acceptors (Lipinski definition) is 0. The summed E-state index contributed by atoms with van der Waals surface area (Å²) in [5, 5.41) is 0. The largest absolute Gasteiger partial charge is 0.0651 e. The van der Waals surface area contributed by atoms with Crippen LogP contribution in [-0.2, 0) is 0 Å². The zero-order valence-electron chi connectivity index (χ0n) is 19.3. The van der Waals surface area contributed by atoms with Crippen LogP contribution >= 0.6 is 0 Å². The smallest absolute Gasteiger partial charge is 0.0122 e. The summed E-state index contributed by atoms with van der Waals surface area (Å²) in [6.07, 6.45) is 8.44. The fraction of sp³-hybridized carbons (Fsp3) is 1.00. The lowest BCUT2D eigenvalue weighted by molar-refractivity contribution is -0.396. The van der Waals surface area contributed by atoms with E-state index in [0.29, 0.717) is 0 Å². The van der Waals surface area contributed by atoms with Crippen LogP contribution in [0.1, 0.15) is 59.8 Å². The lowest BCUT2D eigenvalue weighted by Crippen LogP contribution is -2.83. The zero-order chi connectivity index (χ0) is 19.3. The summed E-state index contributed by atoms with van der Waals surface area (Å²) in [5.74, 6) is 19.0. The van der Waals surface area contributed by atoms with E-state index >= 15 is 0 Å². The first kappa shape index (κ1) is 15.0. The Morgan fingerprint density at radius 2 is 1.67 bits per heavy atom. The highest BCUT2D eigenvalue weighted by molar-refractivity contribution is 5.58. The first-order chi connectivity index (χ1) is 14.5. The lowest BCUT2D eigenvalue weighted by Gasteiger charge is -2.86. The van der Waals surface area contributed by atoms with E-state index in [2.05, 4.69) is 27.7 Å². The molecule has 0 saturated heterocycles. The highest BCUT2D eigenvalue weighted by Gasteiger charge is 3.12. The second kappa shape index (κ2) is 3.30. The Kier molecular flexibility index (Phi) is 1.65. The summed E-state index contributed by atoms with van der Waals surface area (Å²) in [6.45, 7) is 11.3. The Labute approximate surface area is 181 Å². The van der Waals surface area contributed by atoms with E-state index in [1.165, 1.54) is 77.4 Å². The van der Waals surface area contributed by atoms with E-state index in [1.807, 2.05) is 0 Å². The average Bonchev–Trinajstić information content (AvgIpc) is 3.27. The van der Waals surface area contributed by atoms with Crippen molar-refractivity contribution in [3.05, 3.63) is 0 Å². The first-order valence-electron chi connectivity index (χ1n) is 14.5. The van der Waals surface area contributed by atoms with Crippen molar-refractivity contribution in [1.29, 1.82) is 0 Å². The van der Waals surface area contributed by atoms with Gasteiger partial charge in [0.1, 0.15) is 0 Å². The molecule has 158 valence electrons. The molecule has 0 aromatic carbocycles. The second-order valence-electron chi connectivity index (χ2n) is 16.3. The fourth-order valence-electron chi connectivity index (χ4n) is 20.4. The quantitative estimate of drug-likeness (QED) is 0.510. The van der Waals surface area contributed by atoms with Crippen LogP contribution in [0.5, 0.6) is 0 Å². The Morgan fingerprint density at radius 3 is 2.50 bits per heavy atom. The summed E-state index contributed by atoms with van der Waals surface area (Å²) in [5.41, 5.74) is 4.32. The van der Waals surface area contributed by atoms with Crippen LogP contribution < -0.4 is 0 Å². The molecule has 0 aliphatic heterocycles. The number of hydrogen-bond donors (Lipinski definition) is 0. The van der Waals surface area contributed by atoms with Gasteiger partial charge in [-0.05, 0) is 147 Å². The Hall–Kier alpha value is 0.